The van der Waals surface area contributed by atoms with E-state index in [4.69, 9.17) is 40.2 Å². The Hall–Kier alpha value is -2.15. The van der Waals surface area contributed by atoms with Crippen LogP contribution in [0.25, 0.3) is 11.4 Å². The van der Waals surface area contributed by atoms with E-state index in [0.29, 0.717) is 32.0 Å². The van der Waals surface area contributed by atoms with Gasteiger partial charge in [0.2, 0.25) is 4.77 Å². The van der Waals surface area contributed by atoms with Crippen LogP contribution in [0.15, 0.2) is 47.6 Å². The largest absolute Gasteiger partial charge is 0.495 e. The third kappa shape index (κ3) is 3.36. The van der Waals surface area contributed by atoms with E-state index in [1.54, 1.807) is 18.3 Å². The van der Waals surface area contributed by atoms with Crippen LogP contribution in [0.1, 0.15) is 5.56 Å². The van der Waals surface area contributed by atoms with E-state index in [9.17, 15) is 0 Å². The van der Waals surface area contributed by atoms with Crippen molar-refractivity contribution in [1.29, 1.82) is 0 Å². The monoisotopic (exact) mass is 378 g/mol. The second kappa shape index (κ2) is 7.17. The smallest absolute Gasteiger partial charge is 0.216 e. The maximum absolute atomic E-state index is 6.14. The molecule has 0 bridgehead atoms. The number of aromatic nitrogens is 3. The van der Waals surface area contributed by atoms with Gasteiger partial charge in [-0.1, -0.05) is 53.5 Å². The van der Waals surface area contributed by atoms with Crippen LogP contribution in [0.5, 0.6) is 5.75 Å². The lowest BCUT2D eigenvalue weighted by molar-refractivity contribution is 0.414. The van der Waals surface area contributed by atoms with Crippen molar-refractivity contribution < 1.29 is 4.74 Å². The summed E-state index contributed by atoms with van der Waals surface area (Å²) in [7, 11) is 1.53. The zero-order valence-electron chi connectivity index (χ0n) is 12.5. The fourth-order valence-corrected chi connectivity index (χ4v) is 2.95. The lowest BCUT2D eigenvalue weighted by atomic mass is 10.2. The van der Waals surface area contributed by atoms with Crippen molar-refractivity contribution in [3.05, 3.63) is 62.8 Å². The van der Waals surface area contributed by atoms with E-state index in [1.165, 1.54) is 11.8 Å². The van der Waals surface area contributed by atoms with Crippen LogP contribution in [-0.4, -0.2) is 28.2 Å². The minimum absolute atomic E-state index is 0.372. The van der Waals surface area contributed by atoms with Crippen molar-refractivity contribution in [2.75, 3.05) is 7.11 Å². The Balaban J connectivity index is 2.06. The van der Waals surface area contributed by atoms with Gasteiger partial charge in [-0.25, -0.2) is 5.10 Å². The number of hydrogen-bond donors (Lipinski definition) is 1. The number of benzene rings is 2. The molecule has 3 aromatic rings. The van der Waals surface area contributed by atoms with Gasteiger partial charge in [-0.3, -0.25) is 0 Å². The van der Waals surface area contributed by atoms with Crippen LogP contribution in [-0.2, 0) is 0 Å². The number of H-pyrrole nitrogens is 1. The summed E-state index contributed by atoms with van der Waals surface area (Å²) in [6.45, 7) is 0. The van der Waals surface area contributed by atoms with E-state index in [1.807, 2.05) is 30.3 Å². The topological polar surface area (TPSA) is 55.2 Å². The molecule has 0 spiro atoms. The molecule has 1 heterocycles. The molecule has 2 aromatic carbocycles. The zero-order valence-corrected chi connectivity index (χ0v) is 14.9. The van der Waals surface area contributed by atoms with Gasteiger partial charge in [0, 0.05) is 16.1 Å². The molecule has 0 aliphatic heterocycles. The second-order valence-electron chi connectivity index (χ2n) is 4.78. The molecule has 0 amide bonds. The Labute approximate surface area is 153 Å². The Morgan fingerprint density at radius 3 is 2.71 bits per heavy atom. The van der Waals surface area contributed by atoms with Gasteiger partial charge in [-0.15, -0.1) is 0 Å². The minimum Gasteiger partial charge on any atom is -0.495 e. The summed E-state index contributed by atoms with van der Waals surface area (Å²) in [5, 5.41) is 12.3. The fraction of sp³-hybridized carbons (Fsp3) is 0.0625. The Kier molecular flexibility index (Phi) is 4.99. The Morgan fingerprint density at radius 1 is 1.25 bits per heavy atom. The molecule has 0 aliphatic rings. The molecule has 0 atom stereocenters. The maximum Gasteiger partial charge on any atom is 0.216 e. The molecule has 0 fully saturated rings. The third-order valence-corrected chi connectivity index (χ3v) is 4.00. The molecule has 0 saturated heterocycles. The van der Waals surface area contributed by atoms with Crippen LogP contribution >= 0.6 is 35.4 Å². The van der Waals surface area contributed by atoms with Crippen LogP contribution < -0.4 is 4.74 Å². The molecule has 0 aliphatic carbocycles. The van der Waals surface area contributed by atoms with Crippen LogP contribution in [0.2, 0.25) is 10.0 Å². The predicted molar refractivity (Wildman–Crippen MR) is 98.9 cm³/mol. The molecule has 8 heteroatoms. The molecule has 0 saturated carbocycles. The van der Waals surface area contributed by atoms with Gasteiger partial charge in [-0.2, -0.15) is 14.9 Å². The summed E-state index contributed by atoms with van der Waals surface area (Å²) in [6, 6.07) is 12.9. The molecular weight excluding hydrogens is 367 g/mol. The van der Waals surface area contributed by atoms with Crippen molar-refractivity contribution in [2.45, 2.75) is 0 Å². The number of hydrogen-bond acceptors (Lipinski definition) is 4. The third-order valence-electron chi connectivity index (χ3n) is 3.24. The van der Waals surface area contributed by atoms with E-state index < -0.39 is 0 Å². The SMILES string of the molecule is COc1c(Cl)cc(Cl)cc1/C=N\n1c(-c2ccccc2)n[nH]c1=S. The number of nitrogens with one attached hydrogen (secondary N) is 1. The Morgan fingerprint density at radius 2 is 2.00 bits per heavy atom. The van der Waals surface area contributed by atoms with Gasteiger partial charge in [0.15, 0.2) is 5.82 Å². The van der Waals surface area contributed by atoms with Crippen LogP contribution in [0.4, 0.5) is 0 Å². The number of aromatic amines is 1. The predicted octanol–water partition coefficient (Wildman–Crippen LogP) is 4.81. The highest BCUT2D eigenvalue weighted by Gasteiger charge is 2.10. The quantitative estimate of drug-likeness (QED) is 0.523. The van der Waals surface area contributed by atoms with Gasteiger partial charge >= 0.3 is 0 Å². The van der Waals surface area contributed by atoms with E-state index in [2.05, 4.69) is 15.3 Å². The van der Waals surface area contributed by atoms with Crippen molar-refractivity contribution in [3.8, 4) is 17.1 Å². The number of ether oxygens (including phenoxy) is 1. The van der Waals surface area contributed by atoms with Crippen molar-refractivity contribution >= 4 is 41.6 Å². The van der Waals surface area contributed by atoms with Gasteiger partial charge in [-0.05, 0) is 24.4 Å². The number of halogens is 2. The highest BCUT2D eigenvalue weighted by Crippen LogP contribution is 2.31. The van der Waals surface area contributed by atoms with Crippen molar-refractivity contribution in [2.24, 2.45) is 5.10 Å². The molecule has 0 radical (unpaired) electrons. The number of nitrogens with zero attached hydrogens (tertiary/aromatic N) is 3. The van der Waals surface area contributed by atoms with E-state index in [-0.39, 0.29) is 0 Å². The molecule has 1 aromatic heterocycles. The molecule has 0 unspecified atom stereocenters. The normalized spacial score (nSPS) is 11.1. The van der Waals surface area contributed by atoms with Crippen molar-refractivity contribution in [3.63, 3.8) is 0 Å². The fourth-order valence-electron chi connectivity index (χ4n) is 2.18. The zero-order chi connectivity index (χ0) is 17.1. The second-order valence-corrected chi connectivity index (χ2v) is 6.02. The lowest BCUT2D eigenvalue weighted by Crippen LogP contribution is -1.97. The van der Waals surface area contributed by atoms with Gasteiger partial charge in [0.05, 0.1) is 18.3 Å². The molecule has 3 rings (SSSR count). The number of rotatable bonds is 4. The first-order valence-electron chi connectivity index (χ1n) is 6.90. The van der Waals surface area contributed by atoms with Crippen LogP contribution in [0, 0.1) is 4.77 Å². The highest BCUT2D eigenvalue weighted by molar-refractivity contribution is 7.71. The average molecular weight is 379 g/mol. The summed E-state index contributed by atoms with van der Waals surface area (Å²) < 4.78 is 7.20. The first-order chi connectivity index (χ1) is 11.6. The summed E-state index contributed by atoms with van der Waals surface area (Å²) >= 11 is 17.4. The van der Waals surface area contributed by atoms with Gasteiger partial charge in [0.1, 0.15) is 5.75 Å². The van der Waals surface area contributed by atoms with Crippen LogP contribution in [0.3, 0.4) is 0 Å². The molecule has 5 nitrogen and oxygen atoms in total. The molecular formula is C16H12Cl2N4OS. The molecule has 24 heavy (non-hydrogen) atoms. The summed E-state index contributed by atoms with van der Waals surface area (Å²) in [4.78, 5) is 0. The standard InChI is InChI=1S/C16H12Cl2N4OS/c1-23-14-11(7-12(17)8-13(14)18)9-19-22-15(20-21-16(22)24)10-5-3-2-4-6-10/h2-9H,1H3,(H,21,24)/b19-9-. The molecule has 122 valence electrons. The molecule has 1 N–H and O–H groups in total. The Bertz CT molecular complexity index is 950. The first kappa shape index (κ1) is 16.7. The summed E-state index contributed by atoms with van der Waals surface area (Å²) in [5.41, 5.74) is 1.52. The summed E-state index contributed by atoms with van der Waals surface area (Å²) in [5.74, 6) is 1.09. The first-order valence-corrected chi connectivity index (χ1v) is 8.07. The highest BCUT2D eigenvalue weighted by atomic mass is 35.5. The van der Waals surface area contributed by atoms with Gasteiger partial charge in [0.25, 0.3) is 0 Å². The van der Waals surface area contributed by atoms with E-state index >= 15 is 0 Å². The number of methoxy groups -OCH3 is 1. The minimum atomic E-state index is 0.372. The average Bonchev–Trinajstić information content (AvgIpc) is 2.94. The van der Waals surface area contributed by atoms with E-state index in [0.717, 1.165) is 5.56 Å². The van der Waals surface area contributed by atoms with Gasteiger partial charge < -0.3 is 4.74 Å². The lowest BCUT2D eigenvalue weighted by Gasteiger charge is -2.07. The van der Waals surface area contributed by atoms with Crippen molar-refractivity contribution in [1.82, 2.24) is 14.9 Å². The summed E-state index contributed by atoms with van der Waals surface area (Å²) in [6.07, 6.45) is 1.58. The maximum atomic E-state index is 6.14.